The smallest absolute Gasteiger partial charge is 0.338 e. The molecule has 94 valence electrons. The summed E-state index contributed by atoms with van der Waals surface area (Å²) in [6.07, 6.45) is 1.95. The molecule has 0 spiro atoms. The van der Waals surface area contributed by atoms with E-state index in [-0.39, 0.29) is 5.97 Å². The summed E-state index contributed by atoms with van der Waals surface area (Å²) >= 11 is 0. The van der Waals surface area contributed by atoms with Gasteiger partial charge in [0.15, 0.2) is 5.54 Å². The standard InChI is InChI=1S/C15H17NO2/c1-4-18-14(17)15(3)11(2)10-13(16-15)12-8-6-5-7-9-12/h5-10H,4H2,1-3H3. The molecule has 0 fully saturated rings. The van der Waals surface area contributed by atoms with E-state index in [2.05, 4.69) is 4.99 Å². The third-order valence-electron chi connectivity index (χ3n) is 3.21. The molecule has 0 N–H and O–H groups in total. The largest absolute Gasteiger partial charge is 0.464 e. The van der Waals surface area contributed by atoms with Crippen molar-refractivity contribution < 1.29 is 9.53 Å². The minimum Gasteiger partial charge on any atom is -0.464 e. The van der Waals surface area contributed by atoms with Crippen molar-refractivity contribution in [3.8, 4) is 0 Å². The van der Waals surface area contributed by atoms with Crippen LogP contribution in [-0.2, 0) is 9.53 Å². The molecule has 1 aromatic carbocycles. The highest BCUT2D eigenvalue weighted by molar-refractivity contribution is 6.13. The molecule has 0 aromatic heterocycles. The van der Waals surface area contributed by atoms with Gasteiger partial charge in [0.25, 0.3) is 0 Å². The van der Waals surface area contributed by atoms with Gasteiger partial charge >= 0.3 is 5.97 Å². The molecule has 1 atom stereocenters. The van der Waals surface area contributed by atoms with E-state index in [1.807, 2.05) is 43.3 Å². The first-order valence-electron chi connectivity index (χ1n) is 6.09. The molecule has 0 saturated carbocycles. The van der Waals surface area contributed by atoms with Gasteiger partial charge in [-0.3, -0.25) is 4.99 Å². The normalized spacial score (nSPS) is 22.4. The van der Waals surface area contributed by atoms with Crippen LogP contribution in [-0.4, -0.2) is 23.8 Å². The first kappa shape index (κ1) is 12.6. The van der Waals surface area contributed by atoms with Crippen LogP contribution in [0.1, 0.15) is 26.3 Å². The maximum Gasteiger partial charge on any atom is 0.338 e. The Morgan fingerprint density at radius 2 is 2.00 bits per heavy atom. The van der Waals surface area contributed by atoms with Gasteiger partial charge in [0.1, 0.15) is 0 Å². The van der Waals surface area contributed by atoms with Gasteiger partial charge in [-0.2, -0.15) is 0 Å². The van der Waals surface area contributed by atoms with Crippen molar-refractivity contribution in [1.29, 1.82) is 0 Å². The Morgan fingerprint density at radius 1 is 1.33 bits per heavy atom. The lowest BCUT2D eigenvalue weighted by atomic mass is 9.95. The first-order valence-corrected chi connectivity index (χ1v) is 6.09. The maximum absolute atomic E-state index is 12.0. The van der Waals surface area contributed by atoms with Crippen molar-refractivity contribution in [3.05, 3.63) is 47.5 Å². The molecule has 1 aliphatic rings. The van der Waals surface area contributed by atoms with E-state index in [9.17, 15) is 4.79 Å². The van der Waals surface area contributed by atoms with E-state index in [0.29, 0.717) is 6.61 Å². The summed E-state index contributed by atoms with van der Waals surface area (Å²) in [7, 11) is 0. The van der Waals surface area contributed by atoms with Gasteiger partial charge in [-0.25, -0.2) is 4.79 Å². The third kappa shape index (κ3) is 2.08. The van der Waals surface area contributed by atoms with Gasteiger partial charge in [-0.05, 0) is 38.0 Å². The average molecular weight is 243 g/mol. The van der Waals surface area contributed by atoms with Crippen LogP contribution in [0, 0.1) is 0 Å². The highest BCUT2D eigenvalue weighted by atomic mass is 16.5. The number of hydrogen-bond donors (Lipinski definition) is 0. The topological polar surface area (TPSA) is 38.7 Å². The van der Waals surface area contributed by atoms with Crippen LogP contribution in [0.25, 0.3) is 0 Å². The van der Waals surface area contributed by atoms with Gasteiger partial charge < -0.3 is 4.74 Å². The molecule has 0 amide bonds. The van der Waals surface area contributed by atoms with Gasteiger partial charge in [-0.1, -0.05) is 30.3 Å². The molecule has 18 heavy (non-hydrogen) atoms. The van der Waals surface area contributed by atoms with Crippen LogP contribution in [0.15, 0.2) is 47.0 Å². The van der Waals surface area contributed by atoms with Crippen molar-refractivity contribution in [2.24, 2.45) is 4.99 Å². The summed E-state index contributed by atoms with van der Waals surface area (Å²) in [5.41, 5.74) is 1.90. The number of aliphatic imine (C=N–C) groups is 1. The Kier molecular flexibility index (Phi) is 3.32. The number of carbonyl (C=O) groups excluding carboxylic acids is 1. The van der Waals surface area contributed by atoms with Crippen molar-refractivity contribution >= 4 is 11.7 Å². The van der Waals surface area contributed by atoms with Crippen LogP contribution in [0.4, 0.5) is 0 Å². The Labute approximate surface area is 107 Å². The minimum absolute atomic E-state index is 0.287. The van der Waals surface area contributed by atoms with Gasteiger partial charge in [0.05, 0.1) is 12.3 Å². The molecule has 1 heterocycles. The number of carbonyl (C=O) groups is 1. The lowest BCUT2D eigenvalue weighted by Gasteiger charge is -2.20. The lowest BCUT2D eigenvalue weighted by Crippen LogP contribution is -2.34. The molecular weight excluding hydrogens is 226 g/mol. The number of rotatable bonds is 3. The summed E-state index contributed by atoms with van der Waals surface area (Å²) < 4.78 is 5.10. The molecule has 0 saturated heterocycles. The molecule has 3 heteroatoms. The number of benzene rings is 1. The Hall–Kier alpha value is -1.90. The molecule has 0 radical (unpaired) electrons. The number of hydrogen-bond acceptors (Lipinski definition) is 3. The Bertz CT molecular complexity index is 517. The van der Waals surface area contributed by atoms with E-state index < -0.39 is 5.54 Å². The lowest BCUT2D eigenvalue weighted by molar-refractivity contribution is -0.147. The predicted molar refractivity (Wildman–Crippen MR) is 71.8 cm³/mol. The summed E-state index contributed by atoms with van der Waals surface area (Å²) in [5.74, 6) is -0.287. The molecular formula is C15H17NO2. The van der Waals surface area contributed by atoms with Crippen molar-refractivity contribution in [3.63, 3.8) is 0 Å². The monoisotopic (exact) mass is 243 g/mol. The molecule has 2 rings (SSSR count). The molecule has 0 aliphatic carbocycles. The molecule has 0 bridgehead atoms. The number of allylic oxidation sites excluding steroid dienone is 1. The fourth-order valence-corrected chi connectivity index (χ4v) is 1.94. The number of esters is 1. The van der Waals surface area contributed by atoms with Crippen LogP contribution in [0.2, 0.25) is 0 Å². The molecule has 3 nitrogen and oxygen atoms in total. The van der Waals surface area contributed by atoms with E-state index >= 15 is 0 Å². The fourth-order valence-electron chi connectivity index (χ4n) is 1.94. The quantitative estimate of drug-likeness (QED) is 0.766. The van der Waals surface area contributed by atoms with Crippen molar-refractivity contribution in [2.75, 3.05) is 6.61 Å². The van der Waals surface area contributed by atoms with E-state index in [1.54, 1.807) is 13.8 Å². The first-order chi connectivity index (χ1) is 8.58. The Balaban J connectivity index is 2.35. The SMILES string of the molecule is CCOC(=O)C1(C)N=C(c2ccccc2)C=C1C. The van der Waals surface area contributed by atoms with Crippen molar-refractivity contribution in [1.82, 2.24) is 0 Å². The zero-order chi connectivity index (χ0) is 13.2. The van der Waals surface area contributed by atoms with E-state index in [4.69, 9.17) is 4.74 Å². The van der Waals surface area contributed by atoms with Gasteiger partial charge in [0, 0.05) is 0 Å². The average Bonchev–Trinajstić information content (AvgIpc) is 2.69. The second-order valence-corrected chi connectivity index (χ2v) is 4.48. The molecule has 1 unspecified atom stereocenters. The second kappa shape index (κ2) is 4.77. The molecule has 1 aromatic rings. The van der Waals surface area contributed by atoms with E-state index in [0.717, 1.165) is 16.8 Å². The third-order valence-corrected chi connectivity index (χ3v) is 3.21. The Morgan fingerprint density at radius 3 is 2.61 bits per heavy atom. The predicted octanol–water partition coefficient (Wildman–Crippen LogP) is 2.76. The number of nitrogens with zero attached hydrogens (tertiary/aromatic N) is 1. The highest BCUT2D eigenvalue weighted by Gasteiger charge is 2.40. The van der Waals surface area contributed by atoms with Gasteiger partial charge in [-0.15, -0.1) is 0 Å². The molecule has 1 aliphatic heterocycles. The van der Waals surface area contributed by atoms with Crippen LogP contribution in [0.3, 0.4) is 0 Å². The van der Waals surface area contributed by atoms with E-state index in [1.165, 1.54) is 0 Å². The van der Waals surface area contributed by atoms with Crippen LogP contribution < -0.4 is 0 Å². The maximum atomic E-state index is 12.0. The minimum atomic E-state index is -0.874. The second-order valence-electron chi connectivity index (χ2n) is 4.48. The van der Waals surface area contributed by atoms with Gasteiger partial charge in [0.2, 0.25) is 0 Å². The zero-order valence-electron chi connectivity index (χ0n) is 10.9. The summed E-state index contributed by atoms with van der Waals surface area (Å²) in [5, 5.41) is 0. The zero-order valence-corrected chi connectivity index (χ0v) is 10.9. The fraction of sp³-hybridized carbons (Fsp3) is 0.333. The summed E-state index contributed by atoms with van der Waals surface area (Å²) in [6.45, 7) is 5.89. The summed E-state index contributed by atoms with van der Waals surface area (Å²) in [6, 6.07) is 9.85. The van der Waals surface area contributed by atoms with Crippen molar-refractivity contribution in [2.45, 2.75) is 26.3 Å². The highest BCUT2D eigenvalue weighted by Crippen LogP contribution is 2.30. The number of ether oxygens (including phenoxy) is 1. The van der Waals surface area contributed by atoms with Crippen LogP contribution in [0.5, 0.6) is 0 Å². The van der Waals surface area contributed by atoms with Crippen LogP contribution >= 0.6 is 0 Å². The summed E-state index contributed by atoms with van der Waals surface area (Å²) in [4.78, 5) is 16.5.